The molecule has 3 fully saturated rings. The van der Waals surface area contributed by atoms with E-state index >= 15 is 0 Å². The van der Waals surface area contributed by atoms with Crippen LogP contribution in [0.25, 0.3) is 17.1 Å². The predicted molar refractivity (Wildman–Crippen MR) is 169 cm³/mol. The molecule has 248 valence electrons. The third kappa shape index (κ3) is 4.83. The molecule has 0 bridgehead atoms. The van der Waals surface area contributed by atoms with Crippen LogP contribution >= 0.6 is 0 Å². The summed E-state index contributed by atoms with van der Waals surface area (Å²) in [4.78, 5) is 48.1. The molecular weight excluding hydrogens is 594 g/mol. The molecule has 4 aliphatic rings. The number of nitrogens with zero attached hydrogens (tertiary/aromatic N) is 4. The molecule has 2 aromatic rings. The van der Waals surface area contributed by atoms with Gasteiger partial charge in [0.25, 0.3) is 0 Å². The average Bonchev–Trinajstić information content (AvgIpc) is 3.44. The number of amides is 1. The highest BCUT2D eigenvalue weighted by Gasteiger charge is 2.67. The van der Waals surface area contributed by atoms with Gasteiger partial charge in [0.1, 0.15) is 28.9 Å². The lowest BCUT2D eigenvalue weighted by Gasteiger charge is -2.53. The number of benzene rings is 1. The lowest BCUT2D eigenvalue weighted by atomic mass is 9.54. The van der Waals surface area contributed by atoms with E-state index in [-0.39, 0.29) is 29.7 Å². The zero-order valence-corrected chi connectivity index (χ0v) is 26.9. The van der Waals surface area contributed by atoms with Crippen LogP contribution in [-0.2, 0) is 27.3 Å². The molecule has 0 radical (unpaired) electrons. The van der Waals surface area contributed by atoms with Gasteiger partial charge in [-0.15, -0.1) is 0 Å². The lowest BCUT2D eigenvalue weighted by Crippen LogP contribution is -2.73. The van der Waals surface area contributed by atoms with E-state index in [4.69, 9.17) is 10.2 Å². The molecule has 0 spiro atoms. The van der Waals surface area contributed by atoms with Crippen LogP contribution in [0.4, 0.5) is 5.69 Å². The van der Waals surface area contributed by atoms with Gasteiger partial charge in [-0.2, -0.15) is 0 Å². The summed E-state index contributed by atoms with van der Waals surface area (Å²) in [6.45, 7) is 4.33. The molecule has 3 aliphatic carbocycles. The Morgan fingerprint density at radius 3 is 2.39 bits per heavy atom. The van der Waals surface area contributed by atoms with Crippen molar-refractivity contribution in [3.05, 3.63) is 40.7 Å². The fraction of sp³-hybridized carbons (Fsp3) is 0.545. The van der Waals surface area contributed by atoms with Crippen LogP contribution < -0.4 is 10.6 Å². The van der Waals surface area contributed by atoms with Gasteiger partial charge in [-0.1, -0.05) is 0 Å². The van der Waals surface area contributed by atoms with Crippen LogP contribution in [0.3, 0.4) is 0 Å². The van der Waals surface area contributed by atoms with Gasteiger partial charge in [0.2, 0.25) is 11.7 Å². The first-order valence-corrected chi connectivity index (χ1v) is 15.6. The number of carbonyl (C=O) groups excluding carboxylic acids is 3. The highest BCUT2D eigenvalue weighted by atomic mass is 16.3. The molecule has 1 saturated heterocycles. The van der Waals surface area contributed by atoms with Gasteiger partial charge in [-0.05, 0) is 63.7 Å². The summed E-state index contributed by atoms with van der Waals surface area (Å²) in [6.07, 6.45) is -1.27. The summed E-state index contributed by atoms with van der Waals surface area (Å²) in [5.41, 5.74) is 4.21. The number of fused-ring (bicyclic) bond motifs is 3. The Morgan fingerprint density at radius 1 is 1.11 bits per heavy atom. The number of rotatable bonds is 6. The first-order chi connectivity index (χ1) is 21.7. The van der Waals surface area contributed by atoms with Gasteiger partial charge in [0.15, 0.2) is 11.4 Å². The number of phenolic OH excluding ortho intramolecular Hbond substituents is 1. The number of nitrogens with two attached hydrogens (primary N) is 1. The fourth-order valence-electron chi connectivity index (χ4n) is 8.07. The summed E-state index contributed by atoms with van der Waals surface area (Å²) in [7, 11) is 9.01. The molecule has 1 aliphatic heterocycles. The van der Waals surface area contributed by atoms with Crippen molar-refractivity contribution in [3.8, 4) is 17.1 Å². The van der Waals surface area contributed by atoms with Crippen molar-refractivity contribution >= 4 is 28.9 Å². The monoisotopic (exact) mass is 637 g/mol. The number of hydrogen-bond donors (Lipinski definition) is 5. The maximum atomic E-state index is 14.2. The van der Waals surface area contributed by atoms with Gasteiger partial charge in [-0.3, -0.25) is 19.3 Å². The fourth-order valence-corrected chi connectivity index (χ4v) is 8.07. The van der Waals surface area contributed by atoms with Crippen molar-refractivity contribution < 1.29 is 39.2 Å². The quantitative estimate of drug-likeness (QED) is 0.272. The van der Waals surface area contributed by atoms with Crippen LogP contribution in [0.2, 0.25) is 0 Å². The number of furan rings is 1. The number of aromatic hydroxyl groups is 1. The molecule has 6 rings (SSSR count). The predicted octanol–water partition coefficient (Wildman–Crippen LogP) is 0.202. The largest absolute Gasteiger partial charge is 0.507 e. The van der Waals surface area contributed by atoms with E-state index in [0.29, 0.717) is 29.1 Å². The number of hydrogen-bond acceptors (Lipinski definition) is 12. The third-order valence-electron chi connectivity index (χ3n) is 10.4. The van der Waals surface area contributed by atoms with E-state index in [1.165, 1.54) is 0 Å². The van der Waals surface area contributed by atoms with E-state index in [1.54, 1.807) is 31.1 Å². The van der Waals surface area contributed by atoms with Crippen molar-refractivity contribution in [2.75, 3.05) is 66.3 Å². The molecule has 13 heteroatoms. The second-order valence-corrected chi connectivity index (χ2v) is 13.7. The highest BCUT2D eigenvalue weighted by Crippen LogP contribution is 2.54. The van der Waals surface area contributed by atoms with Crippen LogP contribution in [0.15, 0.2) is 28.2 Å². The average molecular weight is 638 g/mol. The first-order valence-electron chi connectivity index (χ1n) is 15.6. The summed E-state index contributed by atoms with van der Waals surface area (Å²) >= 11 is 0. The summed E-state index contributed by atoms with van der Waals surface area (Å²) < 4.78 is 6.19. The standard InChI is InChI=1S/C33H43N5O8/c1-35(2)21-14-19(22-7-6-17(46-22)15-38-10-8-37(5)9-11-38)27(39)24-18(21)12-16-13-20-26(36(3)4)29(41)25(32(34)44)31(43)33(20,45)30(42)23(16)28(24)40/h6-7,14,16,20,25-26,29,39-41,45H,8-13,15H2,1-5H3,(H2,34,44)/t16-,20-,25?,26-,29?,33-/m0/s1. The number of aliphatic hydroxyl groups is 3. The van der Waals surface area contributed by atoms with Crippen LogP contribution in [-0.4, -0.2) is 132 Å². The molecule has 1 amide bonds. The molecule has 2 saturated carbocycles. The second-order valence-electron chi connectivity index (χ2n) is 13.7. The number of likely N-dealkylation sites (N-methyl/N-ethyl adjacent to an activating group) is 2. The normalized spacial score (nSPS) is 30.3. The van der Waals surface area contributed by atoms with Gasteiger partial charge in [0.05, 0.1) is 23.8 Å². The zero-order valence-electron chi connectivity index (χ0n) is 26.9. The van der Waals surface area contributed by atoms with E-state index in [1.807, 2.05) is 25.1 Å². The Balaban J connectivity index is 1.44. The Bertz CT molecular complexity index is 1620. The number of piperazine rings is 1. The Morgan fingerprint density at radius 2 is 1.78 bits per heavy atom. The Kier molecular flexibility index (Phi) is 8.05. The van der Waals surface area contributed by atoms with E-state index < -0.39 is 58.7 Å². The van der Waals surface area contributed by atoms with E-state index in [0.717, 1.165) is 31.9 Å². The van der Waals surface area contributed by atoms with Crippen LogP contribution in [0.1, 0.15) is 23.3 Å². The molecular formula is C33H43N5O8. The van der Waals surface area contributed by atoms with Gasteiger partial charge >= 0.3 is 0 Å². The number of anilines is 1. The van der Waals surface area contributed by atoms with Crippen molar-refractivity contribution in [2.45, 2.75) is 37.1 Å². The molecule has 1 aromatic carbocycles. The second kappa shape index (κ2) is 11.5. The van der Waals surface area contributed by atoms with E-state index in [2.05, 4.69) is 16.8 Å². The third-order valence-corrected chi connectivity index (χ3v) is 10.4. The molecule has 2 heterocycles. The van der Waals surface area contributed by atoms with Gasteiger partial charge < -0.3 is 45.3 Å². The van der Waals surface area contributed by atoms with Crippen molar-refractivity contribution in [1.82, 2.24) is 14.7 Å². The number of carbonyl (C=O) groups is 3. The van der Waals surface area contributed by atoms with Gasteiger partial charge in [-0.25, -0.2) is 0 Å². The smallest absolute Gasteiger partial charge is 0.230 e. The van der Waals surface area contributed by atoms with E-state index in [9.17, 15) is 34.8 Å². The Hall–Kier alpha value is -3.75. The SMILES string of the molecule is CN1CCN(Cc2ccc(-c3cc(N(C)C)c4c(c3O)C(O)=C3C(=O)[C@]5(O)C(=O)C(C(N)=O)C(O)[C@@H](N(C)C)[C@@H]5C[C@@H]3C4)o2)CC1. The molecule has 2 unspecified atom stereocenters. The number of phenols is 1. The Labute approximate surface area is 267 Å². The zero-order chi connectivity index (χ0) is 33.4. The minimum absolute atomic E-state index is 0.0266. The maximum absolute atomic E-state index is 14.2. The molecule has 1 aromatic heterocycles. The van der Waals surface area contributed by atoms with Crippen LogP contribution in [0.5, 0.6) is 5.75 Å². The van der Waals surface area contributed by atoms with Crippen molar-refractivity contribution in [2.24, 2.45) is 23.5 Å². The molecule has 13 nitrogen and oxygen atoms in total. The number of primary amides is 1. The lowest BCUT2D eigenvalue weighted by molar-refractivity contribution is -0.184. The number of Topliss-reactive ketones (excluding diaryl/α,β-unsaturated/α-hetero) is 2. The molecule has 46 heavy (non-hydrogen) atoms. The van der Waals surface area contributed by atoms with Crippen molar-refractivity contribution in [3.63, 3.8) is 0 Å². The maximum Gasteiger partial charge on any atom is 0.230 e. The summed E-state index contributed by atoms with van der Waals surface area (Å²) in [6, 6.07) is 4.46. The topological polar surface area (TPSA) is 184 Å². The van der Waals surface area contributed by atoms with Crippen molar-refractivity contribution in [1.29, 1.82) is 0 Å². The first kappa shape index (κ1) is 32.2. The summed E-state index contributed by atoms with van der Waals surface area (Å²) in [5.74, 6) is -6.63. The minimum atomic E-state index is -2.71. The van der Waals surface area contributed by atoms with Crippen LogP contribution in [0, 0.1) is 17.8 Å². The summed E-state index contributed by atoms with van der Waals surface area (Å²) in [5, 5.41) is 46.5. The number of ketones is 2. The molecule has 6 N–H and O–H groups in total. The van der Waals surface area contributed by atoms with Gasteiger partial charge in [0, 0.05) is 63.5 Å². The number of aliphatic hydroxyl groups excluding tert-OH is 2. The molecule has 6 atom stereocenters. The minimum Gasteiger partial charge on any atom is -0.507 e. The highest BCUT2D eigenvalue weighted by molar-refractivity contribution is 6.25.